The largest absolute Gasteiger partial charge is 0.480 e. The number of aliphatic hydroxyl groups excluding tert-OH is 4. The molecule has 1 heterocycles. The number of unbranched alkanes of at least 4 members (excludes halogenated alkanes) is 1. The molecule has 1 aromatic rings. The Labute approximate surface area is 190 Å². The number of carbonyl (C=O) groups excluding carboxylic acids is 2. The van der Waals surface area contributed by atoms with Gasteiger partial charge in [-0.3, -0.25) is 14.9 Å². The standard InChI is InChI=1S/C21H31N3O9/c25-11-14-16(27)17(28)18(29)20(33-14)22-9-5-4-8-13(21(31)32)24-15(26)10-23-19(30)12-6-2-1-3-7-12/h1-3,6-7,13-14,16-18,20,22,25,27-29H,4-5,8-11H2,(H,23,30)(H,24,26)(H,31,32)/t13-,14+,16+,17-,18-,20+/m0/s1. The van der Waals surface area contributed by atoms with Crippen molar-refractivity contribution in [2.75, 3.05) is 19.7 Å². The number of ether oxygens (including phenoxy) is 1. The zero-order chi connectivity index (χ0) is 24.4. The van der Waals surface area contributed by atoms with Crippen LogP contribution in [0.3, 0.4) is 0 Å². The second-order valence-electron chi connectivity index (χ2n) is 7.71. The molecule has 8 N–H and O–H groups in total. The van der Waals surface area contributed by atoms with E-state index in [1.54, 1.807) is 30.3 Å². The zero-order valence-electron chi connectivity index (χ0n) is 18.0. The molecule has 0 aliphatic carbocycles. The quantitative estimate of drug-likeness (QED) is 0.152. The van der Waals surface area contributed by atoms with Crippen LogP contribution in [-0.2, 0) is 14.3 Å². The van der Waals surface area contributed by atoms with Gasteiger partial charge in [-0.15, -0.1) is 0 Å². The Balaban J connectivity index is 1.69. The lowest BCUT2D eigenvalue weighted by atomic mass is 9.98. The van der Waals surface area contributed by atoms with E-state index < -0.39 is 61.1 Å². The number of hydrogen-bond donors (Lipinski definition) is 8. The molecule has 1 aliphatic rings. The fourth-order valence-corrected chi connectivity index (χ4v) is 3.34. The summed E-state index contributed by atoms with van der Waals surface area (Å²) in [7, 11) is 0. The van der Waals surface area contributed by atoms with Gasteiger partial charge in [-0.25, -0.2) is 4.79 Å². The lowest BCUT2D eigenvalue weighted by molar-refractivity contribution is -0.236. The van der Waals surface area contributed by atoms with E-state index in [0.29, 0.717) is 18.4 Å². The minimum absolute atomic E-state index is 0.129. The normalized spacial score (nSPS) is 25.8. The molecule has 0 unspecified atom stereocenters. The van der Waals surface area contributed by atoms with E-state index in [2.05, 4.69) is 16.0 Å². The number of aliphatic hydroxyl groups is 4. The number of rotatable bonds is 12. The molecule has 0 radical (unpaired) electrons. The maximum Gasteiger partial charge on any atom is 0.326 e. The number of carboxylic acid groups (broad SMARTS) is 1. The van der Waals surface area contributed by atoms with Crippen molar-refractivity contribution < 1.29 is 44.7 Å². The molecule has 1 aliphatic heterocycles. The summed E-state index contributed by atoms with van der Waals surface area (Å²) in [5.74, 6) is -2.29. The second-order valence-corrected chi connectivity index (χ2v) is 7.71. The molecule has 0 saturated carbocycles. The van der Waals surface area contributed by atoms with Gasteiger partial charge in [0.05, 0.1) is 13.2 Å². The molecule has 33 heavy (non-hydrogen) atoms. The van der Waals surface area contributed by atoms with Crippen LogP contribution in [0.4, 0.5) is 0 Å². The molecule has 0 spiro atoms. The fourth-order valence-electron chi connectivity index (χ4n) is 3.34. The van der Waals surface area contributed by atoms with E-state index in [-0.39, 0.29) is 19.5 Å². The molecule has 1 saturated heterocycles. The van der Waals surface area contributed by atoms with Crippen molar-refractivity contribution in [2.45, 2.75) is 55.9 Å². The topological polar surface area (TPSA) is 198 Å². The summed E-state index contributed by atoms with van der Waals surface area (Å²) in [4.78, 5) is 35.4. The van der Waals surface area contributed by atoms with Gasteiger partial charge in [-0.1, -0.05) is 18.2 Å². The molecule has 184 valence electrons. The molecule has 12 heteroatoms. The van der Waals surface area contributed by atoms with Crippen molar-refractivity contribution in [3.8, 4) is 0 Å². The third kappa shape index (κ3) is 8.03. The number of nitrogens with one attached hydrogen (secondary N) is 3. The maximum atomic E-state index is 12.0. The number of carbonyl (C=O) groups is 3. The van der Waals surface area contributed by atoms with Gasteiger partial charge in [-0.2, -0.15) is 0 Å². The van der Waals surface area contributed by atoms with Gasteiger partial charge in [0.1, 0.15) is 36.7 Å². The van der Waals surface area contributed by atoms with Crippen LogP contribution in [0, 0.1) is 0 Å². The molecule has 6 atom stereocenters. The summed E-state index contributed by atoms with van der Waals surface area (Å²) in [6.07, 6.45) is -5.37. The fraction of sp³-hybridized carbons (Fsp3) is 0.571. The first kappa shape index (κ1) is 26.6. The van der Waals surface area contributed by atoms with Crippen molar-refractivity contribution in [2.24, 2.45) is 0 Å². The number of hydrogen-bond acceptors (Lipinski definition) is 9. The van der Waals surface area contributed by atoms with Crippen molar-refractivity contribution in [3.63, 3.8) is 0 Å². The molecule has 2 rings (SSSR count). The first-order valence-electron chi connectivity index (χ1n) is 10.6. The Bertz CT molecular complexity index is 778. The Morgan fingerprint density at radius 3 is 2.33 bits per heavy atom. The average molecular weight is 469 g/mol. The first-order chi connectivity index (χ1) is 15.7. The first-order valence-corrected chi connectivity index (χ1v) is 10.6. The highest BCUT2D eigenvalue weighted by Gasteiger charge is 2.43. The van der Waals surface area contributed by atoms with Gasteiger partial charge in [-0.05, 0) is 37.9 Å². The highest BCUT2D eigenvalue weighted by molar-refractivity contribution is 5.96. The van der Waals surface area contributed by atoms with Crippen LogP contribution < -0.4 is 16.0 Å². The predicted molar refractivity (Wildman–Crippen MR) is 114 cm³/mol. The maximum absolute atomic E-state index is 12.0. The van der Waals surface area contributed by atoms with Gasteiger partial charge in [0, 0.05) is 5.56 Å². The highest BCUT2D eigenvalue weighted by atomic mass is 16.6. The molecule has 2 amide bonds. The van der Waals surface area contributed by atoms with E-state index in [1.165, 1.54) is 0 Å². The van der Waals surface area contributed by atoms with E-state index in [0.717, 1.165) is 0 Å². The van der Waals surface area contributed by atoms with Crippen molar-refractivity contribution in [1.29, 1.82) is 0 Å². The van der Waals surface area contributed by atoms with Crippen molar-refractivity contribution in [1.82, 2.24) is 16.0 Å². The van der Waals surface area contributed by atoms with Crippen molar-refractivity contribution >= 4 is 17.8 Å². The number of carboxylic acids is 1. The van der Waals surface area contributed by atoms with Crippen LogP contribution in [0.2, 0.25) is 0 Å². The summed E-state index contributed by atoms with van der Waals surface area (Å²) in [5, 5.41) is 55.7. The Hall–Kier alpha value is -2.61. The van der Waals surface area contributed by atoms with E-state index in [9.17, 15) is 39.9 Å². The minimum Gasteiger partial charge on any atom is -0.480 e. The average Bonchev–Trinajstić information content (AvgIpc) is 2.81. The molecule has 1 aromatic carbocycles. The summed E-state index contributed by atoms with van der Waals surface area (Å²) in [6, 6.07) is 7.15. The van der Waals surface area contributed by atoms with E-state index in [1.807, 2.05) is 0 Å². The SMILES string of the molecule is O=C(CNC(=O)c1ccccc1)N[C@@H](CCCCN[C@@H]1O[C@H](CO)[C@@H](O)[C@H](O)[C@@H]1O)C(=O)O. The Morgan fingerprint density at radius 2 is 1.70 bits per heavy atom. The van der Waals surface area contributed by atoms with Crippen LogP contribution in [0.1, 0.15) is 29.6 Å². The van der Waals surface area contributed by atoms with Crippen LogP contribution in [-0.4, -0.2) is 99.7 Å². The van der Waals surface area contributed by atoms with Crippen molar-refractivity contribution in [3.05, 3.63) is 35.9 Å². The summed E-state index contributed by atoms with van der Waals surface area (Å²) < 4.78 is 5.32. The lowest BCUT2D eigenvalue weighted by Crippen LogP contribution is -2.62. The monoisotopic (exact) mass is 469 g/mol. The van der Waals surface area contributed by atoms with Crippen LogP contribution >= 0.6 is 0 Å². The summed E-state index contributed by atoms with van der Waals surface area (Å²) >= 11 is 0. The minimum atomic E-state index is -1.48. The van der Waals surface area contributed by atoms with Crippen LogP contribution in [0.5, 0.6) is 0 Å². The van der Waals surface area contributed by atoms with Crippen LogP contribution in [0.15, 0.2) is 30.3 Å². The number of benzene rings is 1. The third-order valence-corrected chi connectivity index (χ3v) is 5.24. The third-order valence-electron chi connectivity index (χ3n) is 5.24. The molecular weight excluding hydrogens is 438 g/mol. The van der Waals surface area contributed by atoms with Gasteiger partial charge >= 0.3 is 5.97 Å². The molecule has 0 bridgehead atoms. The Kier molecular flexibility index (Phi) is 10.6. The molecule has 12 nitrogen and oxygen atoms in total. The van der Waals surface area contributed by atoms with E-state index >= 15 is 0 Å². The molecule has 1 fully saturated rings. The summed E-state index contributed by atoms with van der Waals surface area (Å²) in [5.41, 5.74) is 0.381. The van der Waals surface area contributed by atoms with Gasteiger partial charge < -0.3 is 40.9 Å². The predicted octanol–water partition coefficient (Wildman–Crippen LogP) is -2.45. The second kappa shape index (κ2) is 13.2. The Morgan fingerprint density at radius 1 is 1.00 bits per heavy atom. The highest BCUT2D eigenvalue weighted by Crippen LogP contribution is 2.19. The number of aliphatic carboxylic acids is 1. The van der Waals surface area contributed by atoms with Gasteiger partial charge in [0.15, 0.2) is 0 Å². The molecule has 0 aromatic heterocycles. The number of amides is 2. The smallest absolute Gasteiger partial charge is 0.326 e. The lowest BCUT2D eigenvalue weighted by Gasteiger charge is -2.40. The van der Waals surface area contributed by atoms with E-state index in [4.69, 9.17) is 4.74 Å². The molecular formula is C21H31N3O9. The van der Waals surface area contributed by atoms with Gasteiger partial charge in [0.2, 0.25) is 5.91 Å². The zero-order valence-corrected chi connectivity index (χ0v) is 18.0. The van der Waals surface area contributed by atoms with Crippen LogP contribution in [0.25, 0.3) is 0 Å². The summed E-state index contributed by atoms with van der Waals surface area (Å²) in [6.45, 7) is -0.610. The van der Waals surface area contributed by atoms with Gasteiger partial charge in [0.25, 0.3) is 5.91 Å².